The maximum Gasteiger partial charge on any atom is 0.243 e. The number of carbonyl (C=O) groups excluding carboxylic acids is 2. The van der Waals surface area contributed by atoms with Gasteiger partial charge in [0.2, 0.25) is 21.8 Å². The van der Waals surface area contributed by atoms with Gasteiger partial charge in [0.05, 0.1) is 26.2 Å². The molecule has 2 aromatic rings. The third-order valence-corrected chi connectivity index (χ3v) is 7.56. The van der Waals surface area contributed by atoms with E-state index in [1.54, 1.807) is 36.3 Å². The second kappa shape index (κ2) is 14.6. The van der Waals surface area contributed by atoms with Crippen LogP contribution in [0.4, 0.5) is 5.69 Å². The number of nitrogens with zero attached hydrogens (tertiary/aromatic N) is 2. The van der Waals surface area contributed by atoms with Gasteiger partial charge in [-0.2, -0.15) is 0 Å². The van der Waals surface area contributed by atoms with E-state index >= 15 is 0 Å². The lowest BCUT2D eigenvalue weighted by Gasteiger charge is -2.32. The molecule has 0 spiro atoms. The zero-order chi connectivity index (χ0) is 28.3. The highest BCUT2D eigenvalue weighted by Gasteiger charge is 2.29. The molecule has 0 fully saturated rings. The van der Waals surface area contributed by atoms with Crippen molar-refractivity contribution in [3.05, 3.63) is 54.1 Å². The number of methoxy groups -OCH3 is 2. The van der Waals surface area contributed by atoms with E-state index in [4.69, 9.17) is 9.47 Å². The van der Waals surface area contributed by atoms with Crippen LogP contribution in [0.1, 0.15) is 52.0 Å². The van der Waals surface area contributed by atoms with Crippen LogP contribution in [0.3, 0.4) is 0 Å². The molecule has 2 atom stereocenters. The van der Waals surface area contributed by atoms with E-state index in [2.05, 4.69) is 5.32 Å². The van der Waals surface area contributed by atoms with Gasteiger partial charge in [0.1, 0.15) is 17.5 Å². The molecule has 210 valence electrons. The fourth-order valence-electron chi connectivity index (χ4n) is 4.10. The van der Waals surface area contributed by atoms with Gasteiger partial charge in [-0.1, -0.05) is 32.0 Å². The van der Waals surface area contributed by atoms with Crippen molar-refractivity contribution in [1.82, 2.24) is 10.2 Å². The molecule has 0 aromatic heterocycles. The summed E-state index contributed by atoms with van der Waals surface area (Å²) in [6, 6.07) is 13.5. The highest BCUT2D eigenvalue weighted by molar-refractivity contribution is 7.92. The molecule has 9 nitrogen and oxygen atoms in total. The van der Waals surface area contributed by atoms with Gasteiger partial charge in [-0.25, -0.2) is 8.42 Å². The molecule has 10 heteroatoms. The first-order valence-corrected chi connectivity index (χ1v) is 14.7. The van der Waals surface area contributed by atoms with Crippen LogP contribution in [-0.2, 0) is 26.2 Å². The van der Waals surface area contributed by atoms with Crippen molar-refractivity contribution in [2.75, 3.05) is 31.3 Å². The molecule has 2 aromatic carbocycles. The van der Waals surface area contributed by atoms with Gasteiger partial charge in [0, 0.05) is 31.6 Å². The first kappa shape index (κ1) is 31.0. The molecule has 1 N–H and O–H groups in total. The van der Waals surface area contributed by atoms with Crippen molar-refractivity contribution in [2.45, 2.75) is 65.1 Å². The molecule has 0 bridgehead atoms. The van der Waals surface area contributed by atoms with Crippen LogP contribution < -0.4 is 19.1 Å². The van der Waals surface area contributed by atoms with Crippen molar-refractivity contribution in [3.63, 3.8) is 0 Å². The van der Waals surface area contributed by atoms with Crippen molar-refractivity contribution in [1.29, 1.82) is 0 Å². The maximum absolute atomic E-state index is 13.6. The Morgan fingerprint density at radius 2 is 1.61 bits per heavy atom. The van der Waals surface area contributed by atoms with E-state index in [1.165, 1.54) is 11.4 Å². The van der Waals surface area contributed by atoms with E-state index < -0.39 is 16.1 Å². The number of benzene rings is 2. The summed E-state index contributed by atoms with van der Waals surface area (Å²) in [5, 5.41) is 2.99. The summed E-state index contributed by atoms with van der Waals surface area (Å²) in [7, 11) is -0.503. The van der Waals surface area contributed by atoms with Gasteiger partial charge in [0.15, 0.2) is 0 Å². The first-order valence-electron chi connectivity index (χ1n) is 12.9. The fourth-order valence-corrected chi connectivity index (χ4v) is 5.05. The summed E-state index contributed by atoms with van der Waals surface area (Å²) in [5.74, 6) is 0.772. The average Bonchev–Trinajstić information content (AvgIpc) is 2.90. The SMILES string of the molecule is CC[C@H](C(=O)N[C@@H](C)CC)N(Cc1cccc(OC)c1)C(=O)CCCN(c1cccc(OC)c1)S(C)(=O)=O. The minimum absolute atomic E-state index is 0.0171. The Bertz CT molecular complexity index is 1170. The zero-order valence-corrected chi connectivity index (χ0v) is 24.1. The molecule has 0 aliphatic heterocycles. The van der Waals surface area contributed by atoms with Crippen LogP contribution in [0.5, 0.6) is 11.5 Å². The lowest BCUT2D eigenvalue weighted by atomic mass is 10.1. The molecular formula is C28H41N3O6S. The summed E-state index contributed by atoms with van der Waals surface area (Å²) < 4.78 is 36.9. The van der Waals surface area contributed by atoms with Crippen LogP contribution in [0, 0.1) is 0 Å². The minimum Gasteiger partial charge on any atom is -0.497 e. The average molecular weight is 548 g/mol. The zero-order valence-electron chi connectivity index (χ0n) is 23.3. The molecule has 0 aliphatic rings. The van der Waals surface area contributed by atoms with Crippen LogP contribution in [-0.4, -0.2) is 64.2 Å². The molecule has 2 amide bonds. The second-order valence-corrected chi connectivity index (χ2v) is 11.2. The number of hydrogen-bond acceptors (Lipinski definition) is 6. The number of ether oxygens (including phenoxy) is 2. The molecule has 0 saturated carbocycles. The van der Waals surface area contributed by atoms with Crippen LogP contribution >= 0.6 is 0 Å². The van der Waals surface area contributed by atoms with E-state index in [-0.39, 0.29) is 43.8 Å². The molecule has 0 heterocycles. The van der Waals surface area contributed by atoms with Crippen molar-refractivity contribution >= 4 is 27.5 Å². The van der Waals surface area contributed by atoms with E-state index in [0.29, 0.717) is 23.6 Å². The minimum atomic E-state index is -3.59. The lowest BCUT2D eigenvalue weighted by Crippen LogP contribution is -2.50. The smallest absolute Gasteiger partial charge is 0.243 e. The molecule has 0 aliphatic carbocycles. The predicted octanol–water partition coefficient (Wildman–Crippen LogP) is 3.97. The standard InChI is InChI=1S/C28H41N3O6S/c1-7-21(3)29-28(33)26(8-2)30(20-22-12-9-14-24(18-22)36-4)27(32)16-11-17-31(38(6,34)35)23-13-10-15-25(19-23)37-5/h9-10,12-15,18-19,21,26H,7-8,11,16-17,20H2,1-6H3,(H,29,33)/t21-,26+/m0/s1. The molecule has 0 unspecified atom stereocenters. The Hall–Kier alpha value is -3.27. The van der Waals surface area contributed by atoms with Gasteiger partial charge in [-0.15, -0.1) is 0 Å². The highest BCUT2D eigenvalue weighted by Crippen LogP contribution is 2.24. The van der Waals surface area contributed by atoms with Gasteiger partial charge >= 0.3 is 0 Å². The van der Waals surface area contributed by atoms with Gasteiger partial charge in [0.25, 0.3) is 0 Å². The highest BCUT2D eigenvalue weighted by atomic mass is 32.2. The molecule has 0 radical (unpaired) electrons. The lowest BCUT2D eigenvalue weighted by molar-refractivity contribution is -0.141. The maximum atomic E-state index is 13.6. The quantitative estimate of drug-likeness (QED) is 0.362. The van der Waals surface area contributed by atoms with Crippen molar-refractivity contribution in [3.8, 4) is 11.5 Å². The molecule has 0 saturated heterocycles. The van der Waals surface area contributed by atoms with Crippen LogP contribution in [0.2, 0.25) is 0 Å². The summed E-state index contributed by atoms with van der Waals surface area (Å²) in [4.78, 5) is 28.3. The van der Waals surface area contributed by atoms with Crippen molar-refractivity contribution < 1.29 is 27.5 Å². The first-order chi connectivity index (χ1) is 18.0. The van der Waals surface area contributed by atoms with Gasteiger partial charge in [-0.05, 0) is 56.0 Å². The number of sulfonamides is 1. The number of carbonyl (C=O) groups is 2. The van der Waals surface area contributed by atoms with E-state index in [1.807, 2.05) is 45.0 Å². The largest absolute Gasteiger partial charge is 0.497 e. The molecule has 38 heavy (non-hydrogen) atoms. The summed E-state index contributed by atoms with van der Waals surface area (Å²) >= 11 is 0. The Kier molecular flexibility index (Phi) is 11.9. The van der Waals surface area contributed by atoms with E-state index in [9.17, 15) is 18.0 Å². The monoisotopic (exact) mass is 547 g/mol. The fraction of sp³-hybridized carbons (Fsp3) is 0.500. The summed E-state index contributed by atoms with van der Waals surface area (Å²) in [5.41, 5.74) is 1.30. The Morgan fingerprint density at radius 1 is 0.974 bits per heavy atom. The predicted molar refractivity (Wildman–Crippen MR) is 150 cm³/mol. The third-order valence-electron chi connectivity index (χ3n) is 6.37. The summed E-state index contributed by atoms with van der Waals surface area (Å²) in [6.07, 6.45) is 2.71. The van der Waals surface area contributed by atoms with Gasteiger partial charge < -0.3 is 19.7 Å². The topological polar surface area (TPSA) is 105 Å². The number of nitrogens with one attached hydrogen (secondary N) is 1. The number of amides is 2. The second-order valence-electron chi connectivity index (χ2n) is 9.26. The molecular weight excluding hydrogens is 506 g/mol. The molecule has 2 rings (SSSR count). The third kappa shape index (κ3) is 8.93. The van der Waals surface area contributed by atoms with Gasteiger partial charge in [-0.3, -0.25) is 13.9 Å². The van der Waals surface area contributed by atoms with Crippen LogP contribution in [0.25, 0.3) is 0 Å². The Labute approximate surface area is 227 Å². The number of rotatable bonds is 15. The van der Waals surface area contributed by atoms with Crippen molar-refractivity contribution in [2.24, 2.45) is 0 Å². The number of anilines is 1. The Balaban J connectivity index is 2.25. The Morgan fingerprint density at radius 3 is 2.18 bits per heavy atom. The van der Waals surface area contributed by atoms with E-state index in [0.717, 1.165) is 18.2 Å². The number of hydrogen-bond donors (Lipinski definition) is 1. The normalized spacial score (nSPS) is 12.8. The summed E-state index contributed by atoms with van der Waals surface area (Å²) in [6.45, 7) is 6.13. The van der Waals surface area contributed by atoms with Crippen LogP contribution in [0.15, 0.2) is 48.5 Å².